The summed E-state index contributed by atoms with van der Waals surface area (Å²) in [5.41, 5.74) is 0. The first-order valence-electron chi connectivity index (χ1n) is 12.0. The number of aliphatic hydroxyl groups is 1. The maximum absolute atomic E-state index is 13.9. The lowest BCUT2D eigenvalue weighted by Crippen LogP contribution is -2.56. The Morgan fingerprint density at radius 1 is 1.09 bits per heavy atom. The number of carbonyl (C=O) groups excluding carboxylic acids is 1. The van der Waals surface area contributed by atoms with Crippen LogP contribution in [0.25, 0.3) is 0 Å². The Kier molecular flexibility index (Phi) is 9.74. The maximum atomic E-state index is 13.9. The number of ether oxygens (including phenoxy) is 4. The van der Waals surface area contributed by atoms with E-state index in [2.05, 4.69) is 13.8 Å². The van der Waals surface area contributed by atoms with E-state index in [1.54, 1.807) is 18.9 Å². The van der Waals surface area contributed by atoms with Crippen LogP contribution in [0, 0.1) is 23.7 Å². The summed E-state index contributed by atoms with van der Waals surface area (Å²) < 4.78 is 23.8. The van der Waals surface area contributed by atoms with Crippen LogP contribution < -0.4 is 0 Å². The van der Waals surface area contributed by atoms with E-state index in [4.69, 9.17) is 18.9 Å². The lowest BCUT2D eigenvalue weighted by atomic mass is 9.77. The molecule has 0 aliphatic carbocycles. The molecule has 0 amide bonds. The third-order valence-corrected chi connectivity index (χ3v) is 14.0. The molecule has 0 aromatic rings. The van der Waals surface area contributed by atoms with Crippen LogP contribution in [-0.2, 0) is 23.7 Å². The molecule has 0 radical (unpaired) electrons. The molecule has 0 saturated carbocycles. The van der Waals surface area contributed by atoms with Crippen molar-refractivity contribution in [3.63, 3.8) is 0 Å². The van der Waals surface area contributed by atoms with Crippen LogP contribution in [0.5, 0.6) is 0 Å². The van der Waals surface area contributed by atoms with Crippen molar-refractivity contribution in [2.24, 2.45) is 23.7 Å². The van der Waals surface area contributed by atoms with Crippen molar-refractivity contribution in [3.05, 3.63) is 0 Å². The largest absolute Gasteiger partial charge is 0.392 e. The smallest absolute Gasteiger partial charge is 0.175 e. The second kappa shape index (κ2) is 11.9. The second-order valence-electron chi connectivity index (χ2n) is 9.27. The van der Waals surface area contributed by atoms with Crippen molar-refractivity contribution in [2.75, 3.05) is 61.6 Å². The number of hydrogen-bond donors (Lipinski definition) is 1. The Labute approximate surface area is 215 Å². The van der Waals surface area contributed by atoms with Crippen molar-refractivity contribution in [2.45, 2.75) is 48.8 Å². The quantitative estimate of drug-likeness (QED) is 0.440. The number of hydrogen-bond acceptors (Lipinski definition) is 10. The van der Waals surface area contributed by atoms with E-state index >= 15 is 0 Å². The number of carbonyl (C=O) groups is 1. The van der Waals surface area contributed by atoms with Gasteiger partial charge in [-0.05, 0) is 12.2 Å². The number of aliphatic hydroxyl groups excluding tert-OH is 1. The number of Topliss-reactive ketones (excluding diaryl/α,β-unsaturated/α-hetero) is 1. The van der Waals surface area contributed by atoms with E-state index in [0.717, 1.165) is 35.9 Å². The fraction of sp³-hybridized carbons (Fsp3) is 0.957. The summed E-state index contributed by atoms with van der Waals surface area (Å²) in [6.45, 7) is 5.63. The van der Waals surface area contributed by atoms with Crippen molar-refractivity contribution in [3.8, 4) is 0 Å². The van der Waals surface area contributed by atoms with E-state index in [1.807, 2.05) is 35.3 Å². The normalized spacial score (nSPS) is 34.4. The Morgan fingerprint density at radius 2 is 1.79 bits per heavy atom. The van der Waals surface area contributed by atoms with Gasteiger partial charge in [0.1, 0.15) is 12.6 Å². The highest BCUT2D eigenvalue weighted by molar-refractivity contribution is 8.21. The first-order chi connectivity index (χ1) is 16.0. The molecular weight excluding hydrogens is 501 g/mol. The zero-order valence-electron chi connectivity index (χ0n) is 19.9. The van der Waals surface area contributed by atoms with Gasteiger partial charge in [-0.15, -0.1) is 23.5 Å². The lowest BCUT2D eigenvalue weighted by molar-refractivity contribution is -0.234. The minimum atomic E-state index is -0.670. The SMILES string of the molecule is CCC1([C@H](C)[C@@H](O)[C@H]2CSC[C@H]([C@@H](OCOC)[C@@H]3CSCCC34OCCO4)C2=O)SCCS1. The molecule has 190 valence electrons. The van der Waals surface area contributed by atoms with Crippen LogP contribution in [0.2, 0.25) is 0 Å². The summed E-state index contributed by atoms with van der Waals surface area (Å²) in [5.74, 6) is 4.20. The second-order valence-corrected chi connectivity index (χ2v) is 14.6. The minimum Gasteiger partial charge on any atom is -0.392 e. The molecule has 1 spiro atoms. The van der Waals surface area contributed by atoms with Gasteiger partial charge in [-0.25, -0.2) is 0 Å². The summed E-state index contributed by atoms with van der Waals surface area (Å²) in [5, 5.41) is 11.5. The van der Waals surface area contributed by atoms with Gasteiger partial charge in [-0.3, -0.25) is 4.79 Å². The van der Waals surface area contributed by atoms with Gasteiger partial charge in [-0.2, -0.15) is 23.5 Å². The fourth-order valence-electron chi connectivity index (χ4n) is 5.72. The fourth-order valence-corrected chi connectivity index (χ4v) is 11.8. The highest BCUT2D eigenvalue weighted by Gasteiger charge is 2.55. The Morgan fingerprint density at radius 3 is 2.45 bits per heavy atom. The molecule has 6 nitrogen and oxygen atoms in total. The molecule has 4 aliphatic heterocycles. The van der Waals surface area contributed by atoms with Gasteiger partial charge < -0.3 is 24.1 Å². The number of methoxy groups -OCH3 is 1. The van der Waals surface area contributed by atoms with Crippen LogP contribution >= 0.6 is 47.0 Å². The summed E-state index contributed by atoms with van der Waals surface area (Å²) in [6.07, 6.45) is 0.799. The number of ketones is 1. The van der Waals surface area contributed by atoms with Crippen molar-refractivity contribution in [1.29, 1.82) is 0 Å². The summed E-state index contributed by atoms with van der Waals surface area (Å²) >= 11 is 7.54. The Balaban J connectivity index is 1.54. The predicted octanol–water partition coefficient (Wildman–Crippen LogP) is 3.60. The van der Waals surface area contributed by atoms with E-state index < -0.39 is 11.9 Å². The van der Waals surface area contributed by atoms with Crippen LogP contribution in [0.1, 0.15) is 26.7 Å². The van der Waals surface area contributed by atoms with Crippen LogP contribution in [0.3, 0.4) is 0 Å². The van der Waals surface area contributed by atoms with Crippen LogP contribution in [0.4, 0.5) is 0 Å². The molecule has 33 heavy (non-hydrogen) atoms. The van der Waals surface area contributed by atoms with Gasteiger partial charge >= 0.3 is 0 Å². The van der Waals surface area contributed by atoms with Gasteiger partial charge in [0.05, 0.1) is 41.3 Å². The minimum absolute atomic E-state index is 0.00114. The van der Waals surface area contributed by atoms with Gasteiger partial charge in [0.25, 0.3) is 0 Å². The molecule has 0 aromatic heterocycles. The molecule has 0 aromatic carbocycles. The average Bonchev–Trinajstić information content (AvgIpc) is 3.51. The molecule has 4 saturated heterocycles. The van der Waals surface area contributed by atoms with Crippen molar-refractivity contribution >= 4 is 52.8 Å². The lowest BCUT2D eigenvalue weighted by Gasteiger charge is -2.46. The summed E-state index contributed by atoms with van der Waals surface area (Å²) in [6, 6.07) is 0. The Hall–Kier alpha value is 0.870. The van der Waals surface area contributed by atoms with E-state index in [0.29, 0.717) is 24.7 Å². The maximum Gasteiger partial charge on any atom is 0.175 e. The predicted molar refractivity (Wildman–Crippen MR) is 139 cm³/mol. The molecule has 1 N–H and O–H groups in total. The topological polar surface area (TPSA) is 74.2 Å². The zero-order chi connectivity index (χ0) is 23.5. The molecule has 4 fully saturated rings. The average molecular weight is 539 g/mol. The molecule has 0 bridgehead atoms. The van der Waals surface area contributed by atoms with Crippen LogP contribution in [0.15, 0.2) is 0 Å². The molecule has 10 heteroatoms. The number of rotatable bonds is 9. The summed E-state index contributed by atoms with van der Waals surface area (Å²) in [4.78, 5) is 13.9. The van der Waals surface area contributed by atoms with Gasteiger partial charge in [0.15, 0.2) is 5.79 Å². The Bertz CT molecular complexity index is 655. The molecular formula is C23H38O6S4. The van der Waals surface area contributed by atoms with Crippen molar-refractivity contribution < 1.29 is 28.8 Å². The first-order valence-corrected chi connectivity index (χ1v) is 16.3. The molecule has 4 rings (SSSR count). The van der Waals surface area contributed by atoms with Gasteiger partial charge in [-0.1, -0.05) is 13.8 Å². The monoisotopic (exact) mass is 538 g/mol. The standard InChI is InChI=1S/C23H38O6S4/c1-4-23(32-9-10-33-23)15(2)19(24)16-11-31-12-17(20(16)25)21(27-14-26-3)18-13-30-8-5-22(18)28-6-7-29-22/h15-19,21,24H,4-14H2,1-3H3/t15-,16-,17+,18+,19-,21-/m1/s1. The molecule has 0 unspecified atom stereocenters. The number of thioether (sulfide) groups is 4. The molecule has 4 aliphatic rings. The van der Waals surface area contributed by atoms with E-state index in [1.165, 1.54) is 0 Å². The highest BCUT2D eigenvalue weighted by Crippen LogP contribution is 2.53. The van der Waals surface area contributed by atoms with Crippen LogP contribution in [-0.4, -0.2) is 94.6 Å². The molecule has 4 heterocycles. The van der Waals surface area contributed by atoms with Gasteiger partial charge in [0, 0.05) is 54.1 Å². The zero-order valence-corrected chi connectivity index (χ0v) is 23.1. The van der Waals surface area contributed by atoms with E-state index in [9.17, 15) is 9.90 Å². The third-order valence-electron chi connectivity index (χ3n) is 7.62. The summed E-state index contributed by atoms with van der Waals surface area (Å²) in [7, 11) is 1.61. The molecule has 6 atom stereocenters. The first kappa shape index (κ1) is 26.9. The third kappa shape index (κ3) is 5.44. The van der Waals surface area contributed by atoms with Gasteiger partial charge in [0.2, 0.25) is 0 Å². The van der Waals surface area contributed by atoms with Crippen molar-refractivity contribution in [1.82, 2.24) is 0 Å². The highest BCUT2D eigenvalue weighted by atomic mass is 32.2. The van der Waals surface area contributed by atoms with E-state index in [-0.39, 0.29) is 46.4 Å².